The Balaban J connectivity index is 1.76. The number of hydrogen-bond acceptors (Lipinski definition) is 3. The monoisotopic (exact) mass is 424 g/mol. The molecule has 160 valence electrons. The summed E-state index contributed by atoms with van der Waals surface area (Å²) in [6.45, 7) is 4.35. The average molecular weight is 425 g/mol. The normalized spacial score (nSPS) is 18.2. The molecule has 0 aliphatic carbocycles. The van der Waals surface area contributed by atoms with Crippen LogP contribution in [0.2, 0.25) is 0 Å². The molecule has 5 rings (SSSR count). The zero-order chi connectivity index (χ0) is 22.4. The van der Waals surface area contributed by atoms with E-state index in [1.807, 2.05) is 74.5 Å². The zero-order valence-electron chi connectivity index (χ0n) is 18.1. The highest BCUT2D eigenvalue weighted by Gasteiger charge is 2.47. The number of amides is 1. The number of Topliss-reactive ketones (excluding diaryl/α,β-unsaturated/α-hetero) is 1. The van der Waals surface area contributed by atoms with Crippen LogP contribution in [0.15, 0.2) is 72.3 Å². The first kappa shape index (κ1) is 20.1. The summed E-state index contributed by atoms with van der Waals surface area (Å²) in [6, 6.07) is 20.6. The quantitative estimate of drug-likeness (QED) is 0.259. The van der Waals surface area contributed by atoms with E-state index >= 15 is 0 Å². The molecule has 1 aromatic heterocycles. The molecule has 1 atom stereocenters. The number of benzene rings is 3. The van der Waals surface area contributed by atoms with Gasteiger partial charge in [0.1, 0.15) is 5.76 Å². The molecular weight excluding hydrogens is 400 g/mol. The lowest BCUT2D eigenvalue weighted by molar-refractivity contribution is -0.139. The molecule has 32 heavy (non-hydrogen) atoms. The van der Waals surface area contributed by atoms with Crippen LogP contribution in [0.3, 0.4) is 0 Å². The minimum absolute atomic E-state index is 0.137. The van der Waals surface area contributed by atoms with Crippen LogP contribution in [-0.4, -0.2) is 33.2 Å². The molecule has 3 aromatic carbocycles. The fourth-order valence-electron chi connectivity index (χ4n) is 4.79. The Morgan fingerprint density at radius 2 is 1.72 bits per heavy atom. The molecule has 0 saturated carbocycles. The maximum atomic E-state index is 13.2. The van der Waals surface area contributed by atoms with Gasteiger partial charge in [-0.25, -0.2) is 0 Å². The summed E-state index contributed by atoms with van der Waals surface area (Å²) in [5.74, 6) is -1.34. The standard InChI is InChI=1S/C27H24N2O3/c1-3-14-29-24(22-16(2)28-21-11-7-6-10-20(21)22)23(26(31)27(29)32)25(30)19-13-12-17-8-4-5-9-18(17)15-19/h4-13,15,24,28,30H,3,14H2,1-2H3/b25-23+. The van der Waals surface area contributed by atoms with Crippen molar-refractivity contribution in [1.82, 2.24) is 9.88 Å². The Labute approximate surface area is 186 Å². The van der Waals surface area contributed by atoms with E-state index in [4.69, 9.17) is 0 Å². The Morgan fingerprint density at radius 3 is 2.50 bits per heavy atom. The number of likely N-dealkylation sites (tertiary alicyclic amines) is 1. The molecule has 1 unspecified atom stereocenters. The van der Waals surface area contributed by atoms with Crippen LogP contribution in [0.4, 0.5) is 0 Å². The van der Waals surface area contributed by atoms with Crippen LogP contribution in [-0.2, 0) is 9.59 Å². The summed E-state index contributed by atoms with van der Waals surface area (Å²) in [4.78, 5) is 31.2. The molecule has 0 spiro atoms. The second kappa shape index (κ2) is 7.68. The van der Waals surface area contributed by atoms with Gasteiger partial charge in [-0.2, -0.15) is 0 Å². The number of nitrogens with one attached hydrogen (secondary N) is 1. The highest BCUT2D eigenvalue weighted by molar-refractivity contribution is 6.46. The molecule has 1 aliphatic heterocycles. The number of aliphatic hydroxyl groups is 1. The summed E-state index contributed by atoms with van der Waals surface area (Å²) in [5.41, 5.74) is 3.35. The number of fused-ring (bicyclic) bond motifs is 2. The van der Waals surface area contributed by atoms with Crippen molar-refractivity contribution in [2.45, 2.75) is 26.3 Å². The predicted molar refractivity (Wildman–Crippen MR) is 126 cm³/mol. The fraction of sp³-hybridized carbons (Fsp3) is 0.185. The summed E-state index contributed by atoms with van der Waals surface area (Å²) >= 11 is 0. The van der Waals surface area contributed by atoms with Gasteiger partial charge in [0.25, 0.3) is 11.7 Å². The van der Waals surface area contributed by atoms with Crippen LogP contribution >= 0.6 is 0 Å². The first-order valence-corrected chi connectivity index (χ1v) is 10.9. The second-order valence-electron chi connectivity index (χ2n) is 8.26. The lowest BCUT2D eigenvalue weighted by Crippen LogP contribution is -2.30. The number of ketones is 1. The molecule has 0 bridgehead atoms. The van der Waals surface area contributed by atoms with Gasteiger partial charge in [-0.3, -0.25) is 9.59 Å². The Bertz CT molecular complexity index is 1410. The summed E-state index contributed by atoms with van der Waals surface area (Å²) < 4.78 is 0. The van der Waals surface area contributed by atoms with Gasteiger partial charge in [-0.05, 0) is 36.2 Å². The van der Waals surface area contributed by atoms with Gasteiger partial charge < -0.3 is 15.0 Å². The van der Waals surface area contributed by atoms with Crippen LogP contribution in [0.25, 0.3) is 27.4 Å². The van der Waals surface area contributed by atoms with Crippen LogP contribution in [0, 0.1) is 6.92 Å². The molecule has 1 aliphatic rings. The molecular formula is C27H24N2O3. The van der Waals surface area contributed by atoms with E-state index in [0.29, 0.717) is 18.5 Å². The second-order valence-corrected chi connectivity index (χ2v) is 8.26. The number of hydrogen-bond donors (Lipinski definition) is 2. The number of carbonyl (C=O) groups excluding carboxylic acids is 2. The number of nitrogens with zero attached hydrogens (tertiary/aromatic N) is 1. The van der Waals surface area contributed by atoms with Crippen molar-refractivity contribution in [3.8, 4) is 0 Å². The van der Waals surface area contributed by atoms with Gasteiger partial charge in [-0.15, -0.1) is 0 Å². The number of H-pyrrole nitrogens is 1. The average Bonchev–Trinajstić information content (AvgIpc) is 3.26. The lowest BCUT2D eigenvalue weighted by Gasteiger charge is -2.25. The van der Waals surface area contributed by atoms with E-state index < -0.39 is 17.7 Å². The largest absolute Gasteiger partial charge is 0.507 e. The maximum absolute atomic E-state index is 13.2. The summed E-state index contributed by atoms with van der Waals surface area (Å²) in [7, 11) is 0. The van der Waals surface area contributed by atoms with Gasteiger partial charge in [0.2, 0.25) is 0 Å². The van der Waals surface area contributed by atoms with Gasteiger partial charge in [0, 0.05) is 34.3 Å². The molecule has 1 fully saturated rings. The van der Waals surface area contributed by atoms with E-state index in [9.17, 15) is 14.7 Å². The first-order valence-electron chi connectivity index (χ1n) is 10.9. The third kappa shape index (κ3) is 3.01. The Kier molecular flexibility index (Phi) is 4.82. The van der Waals surface area contributed by atoms with Crippen molar-refractivity contribution < 1.29 is 14.7 Å². The van der Waals surface area contributed by atoms with Crippen LogP contribution in [0.1, 0.15) is 36.2 Å². The van der Waals surface area contributed by atoms with Crippen LogP contribution in [0.5, 0.6) is 0 Å². The third-order valence-corrected chi connectivity index (χ3v) is 6.24. The van der Waals surface area contributed by atoms with Crippen molar-refractivity contribution in [2.75, 3.05) is 6.54 Å². The van der Waals surface area contributed by atoms with Crippen molar-refractivity contribution >= 4 is 39.1 Å². The topological polar surface area (TPSA) is 73.4 Å². The SMILES string of the molecule is CCCN1C(=O)C(=O)/C(=C(/O)c2ccc3ccccc3c2)C1c1c(C)[nH]c2ccccc12. The summed E-state index contributed by atoms with van der Waals surface area (Å²) in [6.07, 6.45) is 0.709. The molecule has 5 heteroatoms. The van der Waals surface area contributed by atoms with E-state index in [2.05, 4.69) is 4.98 Å². The minimum Gasteiger partial charge on any atom is -0.507 e. The number of aromatic amines is 1. The highest BCUT2D eigenvalue weighted by Crippen LogP contribution is 2.43. The smallest absolute Gasteiger partial charge is 0.295 e. The van der Waals surface area contributed by atoms with Gasteiger partial charge in [0.15, 0.2) is 0 Å². The number of para-hydroxylation sites is 1. The van der Waals surface area contributed by atoms with E-state index in [-0.39, 0.29) is 11.3 Å². The summed E-state index contributed by atoms with van der Waals surface area (Å²) in [5, 5.41) is 14.3. The molecule has 5 nitrogen and oxygen atoms in total. The van der Waals surface area contributed by atoms with E-state index in [1.54, 1.807) is 11.0 Å². The maximum Gasteiger partial charge on any atom is 0.295 e. The molecule has 2 N–H and O–H groups in total. The van der Waals surface area contributed by atoms with E-state index in [1.165, 1.54) is 0 Å². The fourth-order valence-corrected chi connectivity index (χ4v) is 4.79. The Hall–Kier alpha value is -3.86. The van der Waals surface area contributed by atoms with Gasteiger partial charge in [-0.1, -0.05) is 61.5 Å². The van der Waals surface area contributed by atoms with Gasteiger partial charge in [0.05, 0.1) is 11.6 Å². The molecule has 0 radical (unpaired) electrons. The molecule has 1 saturated heterocycles. The number of carbonyl (C=O) groups is 2. The Morgan fingerprint density at radius 1 is 1.00 bits per heavy atom. The zero-order valence-corrected chi connectivity index (χ0v) is 18.1. The molecule has 4 aromatic rings. The van der Waals surface area contributed by atoms with Gasteiger partial charge >= 0.3 is 0 Å². The number of aryl methyl sites for hydroxylation is 1. The molecule has 1 amide bonds. The third-order valence-electron chi connectivity index (χ3n) is 6.24. The van der Waals surface area contributed by atoms with Crippen molar-refractivity contribution in [3.05, 3.63) is 89.1 Å². The van der Waals surface area contributed by atoms with Crippen molar-refractivity contribution in [3.63, 3.8) is 0 Å². The lowest BCUT2D eigenvalue weighted by atomic mass is 9.92. The van der Waals surface area contributed by atoms with Crippen molar-refractivity contribution in [1.29, 1.82) is 0 Å². The predicted octanol–water partition coefficient (Wildman–Crippen LogP) is 5.46. The number of aromatic nitrogens is 1. The minimum atomic E-state index is -0.641. The highest BCUT2D eigenvalue weighted by atomic mass is 16.3. The number of aliphatic hydroxyl groups excluding tert-OH is 1. The number of rotatable bonds is 4. The van der Waals surface area contributed by atoms with Crippen molar-refractivity contribution in [2.24, 2.45) is 0 Å². The van der Waals surface area contributed by atoms with Crippen LogP contribution < -0.4 is 0 Å². The first-order chi connectivity index (χ1) is 15.5. The van der Waals surface area contributed by atoms with E-state index in [0.717, 1.165) is 32.9 Å². The molecule has 2 heterocycles.